The summed E-state index contributed by atoms with van der Waals surface area (Å²) >= 11 is 0. The molecule has 3 N–H and O–H groups in total. The van der Waals surface area contributed by atoms with Gasteiger partial charge in [-0.2, -0.15) is 0 Å². The quantitative estimate of drug-likeness (QED) is 0.738. The Bertz CT molecular complexity index is 886. The fraction of sp³-hybridized carbons (Fsp3) is 0.400. The van der Waals surface area contributed by atoms with E-state index in [9.17, 15) is 8.42 Å². The lowest BCUT2D eigenvalue weighted by Crippen LogP contribution is -2.32. The summed E-state index contributed by atoms with van der Waals surface area (Å²) in [6.45, 7) is 5.41. The maximum absolute atomic E-state index is 12.6. The Morgan fingerprint density at radius 1 is 1.00 bits per heavy atom. The molecule has 1 aliphatic rings. The number of sulfonamides is 1. The van der Waals surface area contributed by atoms with Gasteiger partial charge >= 0.3 is 0 Å². The van der Waals surface area contributed by atoms with Crippen molar-refractivity contribution in [2.75, 3.05) is 19.8 Å². The molecular formula is C20H27ClN2O4S. The number of nitrogens with one attached hydrogen (secondary N) is 1. The van der Waals surface area contributed by atoms with Gasteiger partial charge in [-0.3, -0.25) is 0 Å². The molecule has 3 rings (SSSR count). The summed E-state index contributed by atoms with van der Waals surface area (Å²) in [6, 6.07) is 12.1. The van der Waals surface area contributed by atoms with Gasteiger partial charge in [0.05, 0.1) is 18.1 Å². The van der Waals surface area contributed by atoms with E-state index >= 15 is 0 Å². The molecule has 6 nitrogen and oxygen atoms in total. The third-order valence-corrected chi connectivity index (χ3v) is 5.98. The Kier molecular flexibility index (Phi) is 7.71. The zero-order chi connectivity index (χ0) is 19.4. The second-order valence-electron chi connectivity index (χ2n) is 6.94. The molecule has 0 amide bonds. The van der Waals surface area contributed by atoms with Crippen LogP contribution in [0.25, 0.3) is 0 Å². The molecule has 8 heteroatoms. The number of fused-ring (bicyclic) bond motifs is 1. The molecular weight excluding hydrogens is 400 g/mol. The molecule has 0 aliphatic carbocycles. The van der Waals surface area contributed by atoms with Crippen LogP contribution in [0.1, 0.15) is 43.4 Å². The van der Waals surface area contributed by atoms with Crippen LogP contribution in [0, 0.1) is 0 Å². The number of ether oxygens (including phenoxy) is 2. The van der Waals surface area contributed by atoms with E-state index < -0.39 is 16.1 Å². The predicted molar refractivity (Wildman–Crippen MR) is 112 cm³/mol. The maximum Gasteiger partial charge on any atom is 0.240 e. The third-order valence-electron chi connectivity index (χ3n) is 4.55. The van der Waals surface area contributed by atoms with Gasteiger partial charge in [-0.15, -0.1) is 12.4 Å². The summed E-state index contributed by atoms with van der Waals surface area (Å²) in [4.78, 5) is 0.133. The Morgan fingerprint density at radius 2 is 1.61 bits per heavy atom. The van der Waals surface area contributed by atoms with Gasteiger partial charge in [-0.05, 0) is 29.2 Å². The molecule has 0 spiro atoms. The van der Waals surface area contributed by atoms with Crippen molar-refractivity contribution in [1.82, 2.24) is 4.72 Å². The number of hydrogen-bond donors (Lipinski definition) is 2. The van der Waals surface area contributed by atoms with Crippen molar-refractivity contribution in [3.05, 3.63) is 53.6 Å². The molecule has 2 aromatic rings. The first-order chi connectivity index (χ1) is 12.9. The largest absolute Gasteiger partial charge is 0.490 e. The van der Waals surface area contributed by atoms with E-state index in [-0.39, 0.29) is 23.8 Å². The van der Waals surface area contributed by atoms with Crippen LogP contribution >= 0.6 is 12.4 Å². The van der Waals surface area contributed by atoms with E-state index in [0.717, 1.165) is 12.0 Å². The molecule has 1 heterocycles. The molecule has 0 bridgehead atoms. The number of nitrogens with two attached hydrogens (primary N) is 1. The minimum absolute atomic E-state index is 0. The average Bonchev–Trinajstić information content (AvgIpc) is 2.91. The number of halogens is 1. The highest BCUT2D eigenvalue weighted by atomic mass is 35.5. The number of rotatable bonds is 6. The Labute approximate surface area is 172 Å². The van der Waals surface area contributed by atoms with Gasteiger partial charge < -0.3 is 15.2 Å². The van der Waals surface area contributed by atoms with Crippen LogP contribution in [0.2, 0.25) is 0 Å². The van der Waals surface area contributed by atoms with Crippen LogP contribution in [0.15, 0.2) is 47.4 Å². The predicted octanol–water partition coefficient (Wildman–Crippen LogP) is 3.37. The van der Waals surface area contributed by atoms with Gasteiger partial charge in [-0.25, -0.2) is 13.1 Å². The van der Waals surface area contributed by atoms with Gasteiger partial charge in [0.2, 0.25) is 10.0 Å². The van der Waals surface area contributed by atoms with Crippen molar-refractivity contribution in [2.24, 2.45) is 5.73 Å². The minimum Gasteiger partial charge on any atom is -0.490 e. The summed E-state index contributed by atoms with van der Waals surface area (Å²) in [5, 5.41) is 0. The van der Waals surface area contributed by atoms with Gasteiger partial charge in [0.15, 0.2) is 11.5 Å². The Morgan fingerprint density at radius 3 is 2.25 bits per heavy atom. The summed E-state index contributed by atoms with van der Waals surface area (Å²) in [5.74, 6) is 1.45. The number of benzene rings is 2. The van der Waals surface area contributed by atoms with E-state index in [2.05, 4.69) is 18.6 Å². The monoisotopic (exact) mass is 426 g/mol. The molecule has 0 radical (unpaired) electrons. The second kappa shape index (κ2) is 9.60. The second-order valence-corrected chi connectivity index (χ2v) is 8.71. The summed E-state index contributed by atoms with van der Waals surface area (Å²) < 4.78 is 38.9. The van der Waals surface area contributed by atoms with Crippen LogP contribution < -0.4 is 19.9 Å². The fourth-order valence-corrected chi connectivity index (χ4v) is 3.91. The molecule has 1 unspecified atom stereocenters. The molecule has 2 aromatic carbocycles. The SMILES string of the molecule is CC(C)c1ccc(C(N)CNS(=O)(=O)c2ccc3c(c2)OCCCO3)cc1.Cl. The minimum atomic E-state index is -3.70. The first kappa shape index (κ1) is 22.5. The highest BCUT2D eigenvalue weighted by Gasteiger charge is 2.20. The highest BCUT2D eigenvalue weighted by molar-refractivity contribution is 7.89. The standard InChI is InChI=1S/C20H26N2O4S.ClH/c1-14(2)15-4-6-16(7-5-15)18(21)13-22-27(23,24)17-8-9-19-20(12-17)26-11-3-10-25-19;/h4-9,12,14,18,22H,3,10-11,13,21H2,1-2H3;1H. The smallest absolute Gasteiger partial charge is 0.240 e. The van der Waals surface area contributed by atoms with Crippen LogP contribution in [-0.2, 0) is 10.0 Å². The molecule has 1 atom stereocenters. The van der Waals surface area contributed by atoms with Crippen LogP contribution in [-0.4, -0.2) is 28.2 Å². The lowest BCUT2D eigenvalue weighted by Gasteiger charge is -2.15. The molecule has 0 aromatic heterocycles. The molecule has 0 saturated heterocycles. The van der Waals surface area contributed by atoms with Crippen molar-refractivity contribution in [1.29, 1.82) is 0 Å². The molecule has 0 fully saturated rings. The van der Waals surface area contributed by atoms with Crippen molar-refractivity contribution in [3.63, 3.8) is 0 Å². The first-order valence-electron chi connectivity index (χ1n) is 9.11. The van der Waals surface area contributed by atoms with Crippen molar-refractivity contribution < 1.29 is 17.9 Å². The molecule has 154 valence electrons. The van der Waals surface area contributed by atoms with E-state index in [0.29, 0.717) is 30.6 Å². The fourth-order valence-electron chi connectivity index (χ4n) is 2.84. The Balaban J connectivity index is 0.00000280. The van der Waals surface area contributed by atoms with E-state index in [1.165, 1.54) is 17.7 Å². The lowest BCUT2D eigenvalue weighted by molar-refractivity contribution is 0.297. The molecule has 1 aliphatic heterocycles. The van der Waals surface area contributed by atoms with Gasteiger partial charge in [-0.1, -0.05) is 38.1 Å². The van der Waals surface area contributed by atoms with Gasteiger partial charge in [0, 0.05) is 25.1 Å². The van der Waals surface area contributed by atoms with Gasteiger partial charge in [0.25, 0.3) is 0 Å². The van der Waals surface area contributed by atoms with Crippen molar-refractivity contribution in [3.8, 4) is 11.5 Å². The summed E-state index contributed by atoms with van der Waals surface area (Å²) in [5.41, 5.74) is 8.28. The summed E-state index contributed by atoms with van der Waals surface area (Å²) in [6.07, 6.45) is 0.763. The highest BCUT2D eigenvalue weighted by Crippen LogP contribution is 2.31. The van der Waals surface area contributed by atoms with Crippen LogP contribution in [0.4, 0.5) is 0 Å². The zero-order valence-corrected chi connectivity index (χ0v) is 17.7. The first-order valence-corrected chi connectivity index (χ1v) is 10.6. The molecule has 0 saturated carbocycles. The molecule has 28 heavy (non-hydrogen) atoms. The number of hydrogen-bond acceptors (Lipinski definition) is 5. The van der Waals surface area contributed by atoms with Crippen LogP contribution in [0.5, 0.6) is 11.5 Å². The topological polar surface area (TPSA) is 90.7 Å². The van der Waals surface area contributed by atoms with Crippen molar-refractivity contribution in [2.45, 2.75) is 37.1 Å². The van der Waals surface area contributed by atoms with Crippen LogP contribution in [0.3, 0.4) is 0 Å². The Hall–Kier alpha value is -1.80. The van der Waals surface area contributed by atoms with E-state index in [1.54, 1.807) is 6.07 Å². The zero-order valence-electron chi connectivity index (χ0n) is 16.1. The maximum atomic E-state index is 12.6. The van der Waals surface area contributed by atoms with E-state index in [1.807, 2.05) is 24.3 Å². The van der Waals surface area contributed by atoms with Gasteiger partial charge in [0.1, 0.15) is 0 Å². The summed E-state index contributed by atoms with van der Waals surface area (Å²) in [7, 11) is -3.70. The third kappa shape index (κ3) is 5.38. The average molecular weight is 427 g/mol. The normalized spacial score (nSPS) is 14.9. The van der Waals surface area contributed by atoms with Crippen molar-refractivity contribution >= 4 is 22.4 Å². The lowest BCUT2D eigenvalue weighted by atomic mass is 9.99. The van der Waals surface area contributed by atoms with E-state index in [4.69, 9.17) is 15.2 Å².